The number of nitrogens with zero attached hydrogens (tertiary/aromatic N) is 1. The molecular weight excluding hydrogens is 237 g/mol. The number of hydrogen-bond donors (Lipinski definition) is 1. The highest BCUT2D eigenvalue weighted by molar-refractivity contribution is 5.86. The zero-order chi connectivity index (χ0) is 13.1. The number of rotatable bonds is 4. The van der Waals surface area contributed by atoms with E-state index in [2.05, 4.69) is 0 Å². The molecule has 1 unspecified atom stereocenters. The Labute approximate surface area is 97.9 Å². The summed E-state index contributed by atoms with van der Waals surface area (Å²) in [6.07, 6.45) is -3.68. The zero-order valence-corrected chi connectivity index (χ0v) is 9.72. The Morgan fingerprint density at radius 1 is 1.53 bits per heavy atom. The summed E-state index contributed by atoms with van der Waals surface area (Å²) in [6, 6.07) is 0. The standard InChI is InChI=1S/C10H17F3N2O2/c1-2-4-15(6-10(11,12)13)8(16)9(14)3-5-17-7-9/h2-7,14H2,1H3. The van der Waals surface area contributed by atoms with E-state index in [1.54, 1.807) is 6.92 Å². The first kappa shape index (κ1) is 14.2. The molecule has 0 bridgehead atoms. The van der Waals surface area contributed by atoms with E-state index in [-0.39, 0.29) is 19.6 Å². The van der Waals surface area contributed by atoms with Crippen molar-refractivity contribution in [1.82, 2.24) is 4.90 Å². The quantitative estimate of drug-likeness (QED) is 0.811. The van der Waals surface area contributed by atoms with Crippen LogP contribution >= 0.6 is 0 Å². The molecular formula is C10H17F3N2O2. The van der Waals surface area contributed by atoms with Crippen LogP contribution in [0.1, 0.15) is 19.8 Å². The zero-order valence-electron chi connectivity index (χ0n) is 9.72. The molecule has 0 spiro atoms. The monoisotopic (exact) mass is 254 g/mol. The van der Waals surface area contributed by atoms with E-state index in [9.17, 15) is 18.0 Å². The molecule has 100 valence electrons. The van der Waals surface area contributed by atoms with Gasteiger partial charge in [-0.2, -0.15) is 13.2 Å². The Bertz CT molecular complexity index is 275. The van der Waals surface area contributed by atoms with E-state index in [1.165, 1.54) is 0 Å². The molecule has 0 aliphatic carbocycles. The number of carbonyl (C=O) groups excluding carboxylic acids is 1. The second kappa shape index (κ2) is 5.22. The summed E-state index contributed by atoms with van der Waals surface area (Å²) in [7, 11) is 0. The molecule has 0 aromatic carbocycles. The Kier molecular flexibility index (Phi) is 4.37. The van der Waals surface area contributed by atoms with Gasteiger partial charge >= 0.3 is 6.18 Å². The van der Waals surface area contributed by atoms with Crippen molar-refractivity contribution >= 4 is 5.91 Å². The number of ether oxygens (including phenoxy) is 1. The van der Waals surface area contributed by atoms with Crippen molar-refractivity contribution in [1.29, 1.82) is 0 Å². The van der Waals surface area contributed by atoms with Gasteiger partial charge in [-0.15, -0.1) is 0 Å². The summed E-state index contributed by atoms with van der Waals surface area (Å²) in [6.45, 7) is 0.818. The van der Waals surface area contributed by atoms with Crippen LogP contribution in [0.15, 0.2) is 0 Å². The molecule has 1 atom stereocenters. The first-order valence-electron chi connectivity index (χ1n) is 5.51. The topological polar surface area (TPSA) is 55.6 Å². The van der Waals surface area contributed by atoms with Crippen LogP contribution in [0.25, 0.3) is 0 Å². The van der Waals surface area contributed by atoms with Crippen molar-refractivity contribution < 1.29 is 22.7 Å². The molecule has 2 N–H and O–H groups in total. The Balaban J connectivity index is 2.72. The Hall–Kier alpha value is -0.820. The maximum absolute atomic E-state index is 12.3. The average Bonchev–Trinajstić information content (AvgIpc) is 2.63. The lowest BCUT2D eigenvalue weighted by atomic mass is 9.98. The summed E-state index contributed by atoms with van der Waals surface area (Å²) in [5.74, 6) is -0.672. The predicted octanol–water partition coefficient (Wildman–Crippen LogP) is 0.905. The molecule has 7 heteroatoms. The van der Waals surface area contributed by atoms with Gasteiger partial charge in [0.2, 0.25) is 5.91 Å². The van der Waals surface area contributed by atoms with E-state index < -0.39 is 24.2 Å². The minimum Gasteiger partial charge on any atom is -0.379 e. The van der Waals surface area contributed by atoms with E-state index in [4.69, 9.17) is 10.5 Å². The average molecular weight is 254 g/mol. The first-order chi connectivity index (χ1) is 7.78. The lowest BCUT2D eigenvalue weighted by Crippen LogP contribution is -2.57. The molecule has 1 amide bonds. The highest BCUT2D eigenvalue weighted by atomic mass is 19.4. The molecule has 0 aromatic rings. The number of halogens is 3. The molecule has 1 saturated heterocycles. The Morgan fingerprint density at radius 3 is 2.59 bits per heavy atom. The fraction of sp³-hybridized carbons (Fsp3) is 0.900. The summed E-state index contributed by atoms with van der Waals surface area (Å²) in [5, 5.41) is 0. The molecule has 1 heterocycles. The van der Waals surface area contributed by atoms with Gasteiger partial charge in [-0.3, -0.25) is 4.79 Å². The third-order valence-corrected chi connectivity index (χ3v) is 2.63. The van der Waals surface area contributed by atoms with Crippen molar-refractivity contribution in [2.75, 3.05) is 26.3 Å². The fourth-order valence-electron chi connectivity index (χ4n) is 1.80. The van der Waals surface area contributed by atoms with Crippen LogP contribution in [0.5, 0.6) is 0 Å². The highest BCUT2D eigenvalue weighted by Crippen LogP contribution is 2.22. The van der Waals surface area contributed by atoms with Gasteiger partial charge in [0, 0.05) is 13.2 Å². The number of hydrogen-bond acceptors (Lipinski definition) is 3. The summed E-state index contributed by atoms with van der Waals surface area (Å²) in [5.41, 5.74) is 4.48. The molecule has 0 aromatic heterocycles. The molecule has 1 aliphatic rings. The van der Waals surface area contributed by atoms with E-state index in [1.807, 2.05) is 0 Å². The van der Waals surface area contributed by atoms with Crippen molar-refractivity contribution in [3.8, 4) is 0 Å². The van der Waals surface area contributed by atoms with E-state index in [0.717, 1.165) is 4.90 Å². The van der Waals surface area contributed by atoms with Crippen LogP contribution in [-0.4, -0.2) is 48.8 Å². The number of nitrogens with two attached hydrogens (primary N) is 1. The van der Waals surface area contributed by atoms with E-state index in [0.29, 0.717) is 13.0 Å². The number of alkyl halides is 3. The first-order valence-corrected chi connectivity index (χ1v) is 5.51. The maximum atomic E-state index is 12.3. The number of carbonyl (C=O) groups is 1. The van der Waals surface area contributed by atoms with Crippen LogP contribution in [0.3, 0.4) is 0 Å². The van der Waals surface area contributed by atoms with Crippen molar-refractivity contribution in [2.24, 2.45) is 5.73 Å². The van der Waals surface area contributed by atoms with Crippen LogP contribution in [0.4, 0.5) is 13.2 Å². The van der Waals surface area contributed by atoms with Gasteiger partial charge in [-0.05, 0) is 12.8 Å². The van der Waals surface area contributed by atoms with Crippen LogP contribution in [-0.2, 0) is 9.53 Å². The fourth-order valence-corrected chi connectivity index (χ4v) is 1.80. The number of amides is 1. The van der Waals surface area contributed by atoms with Crippen LogP contribution < -0.4 is 5.73 Å². The third kappa shape index (κ3) is 3.85. The lowest BCUT2D eigenvalue weighted by molar-refractivity contribution is -0.164. The van der Waals surface area contributed by atoms with Gasteiger partial charge in [0.25, 0.3) is 0 Å². The molecule has 0 radical (unpaired) electrons. The predicted molar refractivity (Wildman–Crippen MR) is 55.3 cm³/mol. The SMILES string of the molecule is CCCN(CC(F)(F)F)C(=O)C1(N)CCOC1. The summed E-state index contributed by atoms with van der Waals surface area (Å²) in [4.78, 5) is 12.7. The molecule has 1 rings (SSSR count). The normalized spacial score (nSPS) is 25.0. The Morgan fingerprint density at radius 2 is 2.18 bits per heavy atom. The van der Waals surface area contributed by atoms with Crippen molar-refractivity contribution in [3.63, 3.8) is 0 Å². The smallest absolute Gasteiger partial charge is 0.379 e. The largest absolute Gasteiger partial charge is 0.406 e. The van der Waals surface area contributed by atoms with Crippen molar-refractivity contribution in [3.05, 3.63) is 0 Å². The molecule has 4 nitrogen and oxygen atoms in total. The molecule has 1 fully saturated rings. The molecule has 17 heavy (non-hydrogen) atoms. The second-order valence-electron chi connectivity index (χ2n) is 4.30. The second-order valence-corrected chi connectivity index (χ2v) is 4.30. The van der Waals surface area contributed by atoms with Crippen LogP contribution in [0, 0.1) is 0 Å². The van der Waals surface area contributed by atoms with Gasteiger partial charge in [0.05, 0.1) is 6.61 Å². The van der Waals surface area contributed by atoms with Gasteiger partial charge in [0.1, 0.15) is 12.1 Å². The molecule has 0 saturated carbocycles. The highest BCUT2D eigenvalue weighted by Gasteiger charge is 2.43. The third-order valence-electron chi connectivity index (χ3n) is 2.63. The van der Waals surface area contributed by atoms with Crippen molar-refractivity contribution in [2.45, 2.75) is 31.5 Å². The van der Waals surface area contributed by atoms with E-state index >= 15 is 0 Å². The summed E-state index contributed by atoms with van der Waals surface area (Å²) >= 11 is 0. The molecule has 1 aliphatic heterocycles. The summed E-state index contributed by atoms with van der Waals surface area (Å²) < 4.78 is 42.0. The minimum atomic E-state index is -4.40. The lowest BCUT2D eigenvalue weighted by Gasteiger charge is -2.30. The maximum Gasteiger partial charge on any atom is 0.406 e. The van der Waals surface area contributed by atoms with Gasteiger partial charge in [-0.25, -0.2) is 0 Å². The minimum absolute atomic E-state index is 0.0100. The van der Waals surface area contributed by atoms with Gasteiger partial charge in [-0.1, -0.05) is 6.92 Å². The van der Waals surface area contributed by atoms with Gasteiger partial charge < -0.3 is 15.4 Å². The van der Waals surface area contributed by atoms with Gasteiger partial charge in [0.15, 0.2) is 0 Å². The van der Waals surface area contributed by atoms with Crippen LogP contribution in [0.2, 0.25) is 0 Å².